The molecule has 4 heteroatoms. The van der Waals surface area contributed by atoms with Gasteiger partial charge in [-0.2, -0.15) is 0 Å². The van der Waals surface area contributed by atoms with Crippen molar-refractivity contribution in [3.05, 3.63) is 23.8 Å². The molecule has 2 aliphatic rings. The molecule has 102 valence electrons. The van der Waals surface area contributed by atoms with Crippen LogP contribution in [0.3, 0.4) is 0 Å². The van der Waals surface area contributed by atoms with Gasteiger partial charge in [0.15, 0.2) is 6.61 Å². The Morgan fingerprint density at radius 3 is 2.95 bits per heavy atom. The van der Waals surface area contributed by atoms with Crippen molar-refractivity contribution in [2.75, 3.05) is 11.9 Å². The number of nitrogens with one attached hydrogen (secondary N) is 2. The lowest BCUT2D eigenvalue weighted by molar-refractivity contribution is -0.118. The van der Waals surface area contributed by atoms with E-state index in [1.54, 1.807) is 0 Å². The Kier molecular flexibility index (Phi) is 3.69. The number of carbonyl (C=O) groups excluding carboxylic acids is 1. The number of hydrogen-bond acceptors (Lipinski definition) is 3. The van der Waals surface area contributed by atoms with E-state index in [9.17, 15) is 4.79 Å². The minimum absolute atomic E-state index is 0.0788. The number of amides is 1. The van der Waals surface area contributed by atoms with Crippen LogP contribution in [0.1, 0.15) is 37.7 Å². The summed E-state index contributed by atoms with van der Waals surface area (Å²) in [6.07, 6.45) is 6.62. The quantitative estimate of drug-likeness (QED) is 0.877. The lowest BCUT2D eigenvalue weighted by Gasteiger charge is -2.23. The van der Waals surface area contributed by atoms with Crippen LogP contribution in [0, 0.1) is 0 Å². The molecule has 0 spiro atoms. The summed E-state index contributed by atoms with van der Waals surface area (Å²) in [4.78, 5) is 11.3. The van der Waals surface area contributed by atoms with Crippen molar-refractivity contribution in [3.8, 4) is 5.75 Å². The van der Waals surface area contributed by atoms with Crippen LogP contribution in [-0.4, -0.2) is 18.6 Å². The molecule has 1 heterocycles. The summed E-state index contributed by atoms with van der Waals surface area (Å²) >= 11 is 0. The highest BCUT2D eigenvalue weighted by atomic mass is 16.5. The molecule has 4 nitrogen and oxygen atoms in total. The zero-order valence-electron chi connectivity index (χ0n) is 11.1. The van der Waals surface area contributed by atoms with Crippen LogP contribution in [0.5, 0.6) is 5.75 Å². The van der Waals surface area contributed by atoms with E-state index in [4.69, 9.17) is 4.74 Å². The number of carbonyl (C=O) groups is 1. The topological polar surface area (TPSA) is 50.4 Å². The molecule has 2 N–H and O–H groups in total. The third kappa shape index (κ3) is 3.07. The molecule has 3 rings (SSSR count). The molecule has 0 unspecified atom stereocenters. The summed E-state index contributed by atoms with van der Waals surface area (Å²) in [7, 11) is 0. The molecule has 1 aliphatic carbocycles. The van der Waals surface area contributed by atoms with Crippen molar-refractivity contribution in [2.45, 2.75) is 44.7 Å². The standard InChI is InChI=1S/C15H20N2O2/c18-15-10-19-14-7-6-11(8-13(14)17-15)9-16-12-4-2-1-3-5-12/h6-8,12,16H,1-5,9-10H2,(H,17,18). The van der Waals surface area contributed by atoms with Gasteiger partial charge in [0.2, 0.25) is 0 Å². The molecular weight excluding hydrogens is 240 g/mol. The van der Waals surface area contributed by atoms with E-state index in [1.165, 1.54) is 37.7 Å². The summed E-state index contributed by atoms with van der Waals surface area (Å²) in [6, 6.07) is 6.65. The highest BCUT2D eigenvalue weighted by molar-refractivity contribution is 5.95. The first-order valence-electron chi connectivity index (χ1n) is 7.10. The molecule has 1 aromatic rings. The first-order valence-corrected chi connectivity index (χ1v) is 7.10. The van der Waals surface area contributed by atoms with Gasteiger partial charge < -0.3 is 15.4 Å². The number of fused-ring (bicyclic) bond motifs is 1. The lowest BCUT2D eigenvalue weighted by atomic mass is 9.95. The Morgan fingerprint density at radius 2 is 2.11 bits per heavy atom. The monoisotopic (exact) mass is 260 g/mol. The van der Waals surface area contributed by atoms with E-state index in [-0.39, 0.29) is 12.5 Å². The van der Waals surface area contributed by atoms with Gasteiger partial charge in [0, 0.05) is 12.6 Å². The number of ether oxygens (including phenoxy) is 1. The zero-order valence-corrected chi connectivity index (χ0v) is 11.1. The van der Waals surface area contributed by atoms with Crippen LogP contribution in [-0.2, 0) is 11.3 Å². The largest absolute Gasteiger partial charge is 0.482 e. The van der Waals surface area contributed by atoms with E-state index in [0.717, 1.165) is 18.0 Å². The predicted molar refractivity (Wildman–Crippen MR) is 74.3 cm³/mol. The third-order valence-corrected chi connectivity index (χ3v) is 3.88. The maximum atomic E-state index is 11.3. The van der Waals surface area contributed by atoms with E-state index < -0.39 is 0 Å². The van der Waals surface area contributed by atoms with Gasteiger partial charge in [0.05, 0.1) is 5.69 Å². The van der Waals surface area contributed by atoms with Gasteiger partial charge in [-0.15, -0.1) is 0 Å². The maximum Gasteiger partial charge on any atom is 0.262 e. The van der Waals surface area contributed by atoms with Crippen LogP contribution in [0.2, 0.25) is 0 Å². The van der Waals surface area contributed by atoms with Gasteiger partial charge >= 0.3 is 0 Å². The second-order valence-electron chi connectivity index (χ2n) is 5.38. The second kappa shape index (κ2) is 5.61. The molecule has 1 saturated carbocycles. The first-order chi connectivity index (χ1) is 9.31. The van der Waals surface area contributed by atoms with E-state index in [1.807, 2.05) is 12.1 Å². The highest BCUT2D eigenvalue weighted by Crippen LogP contribution is 2.28. The lowest BCUT2D eigenvalue weighted by Crippen LogP contribution is -2.30. The maximum absolute atomic E-state index is 11.3. The molecular formula is C15H20N2O2. The Morgan fingerprint density at radius 1 is 1.26 bits per heavy atom. The van der Waals surface area contributed by atoms with Crippen molar-refractivity contribution >= 4 is 11.6 Å². The molecule has 1 amide bonds. The molecule has 1 fully saturated rings. The average molecular weight is 260 g/mol. The minimum Gasteiger partial charge on any atom is -0.482 e. The third-order valence-electron chi connectivity index (χ3n) is 3.88. The highest BCUT2D eigenvalue weighted by Gasteiger charge is 2.16. The molecule has 1 aliphatic heterocycles. The van der Waals surface area contributed by atoms with Gasteiger partial charge in [0.25, 0.3) is 5.91 Å². The van der Waals surface area contributed by atoms with Crippen LogP contribution in [0.4, 0.5) is 5.69 Å². The normalized spacial score (nSPS) is 19.5. The fourth-order valence-electron chi connectivity index (χ4n) is 2.81. The molecule has 1 aromatic carbocycles. The number of hydrogen-bond donors (Lipinski definition) is 2. The Balaban J connectivity index is 1.61. The predicted octanol–water partition coefficient (Wildman–Crippen LogP) is 2.44. The average Bonchev–Trinajstić information content (AvgIpc) is 2.46. The number of benzene rings is 1. The summed E-state index contributed by atoms with van der Waals surface area (Å²) in [5.74, 6) is 0.686. The van der Waals surface area contributed by atoms with Gasteiger partial charge in [-0.3, -0.25) is 4.79 Å². The molecule has 0 saturated heterocycles. The number of anilines is 1. The van der Waals surface area contributed by atoms with Gasteiger partial charge in [0.1, 0.15) is 5.75 Å². The Hall–Kier alpha value is -1.55. The van der Waals surface area contributed by atoms with E-state index in [0.29, 0.717) is 6.04 Å². The van der Waals surface area contributed by atoms with Crippen molar-refractivity contribution < 1.29 is 9.53 Å². The van der Waals surface area contributed by atoms with Crippen molar-refractivity contribution in [3.63, 3.8) is 0 Å². The molecule has 0 bridgehead atoms. The molecule has 0 radical (unpaired) electrons. The SMILES string of the molecule is O=C1COc2ccc(CNC3CCCCC3)cc2N1. The molecule has 0 atom stereocenters. The summed E-state index contributed by atoms with van der Waals surface area (Å²) in [5.41, 5.74) is 1.98. The summed E-state index contributed by atoms with van der Waals surface area (Å²) in [6.45, 7) is 0.973. The van der Waals surface area contributed by atoms with Crippen LogP contribution >= 0.6 is 0 Å². The summed E-state index contributed by atoms with van der Waals surface area (Å²) < 4.78 is 5.35. The van der Waals surface area contributed by atoms with Crippen molar-refractivity contribution in [2.24, 2.45) is 0 Å². The van der Waals surface area contributed by atoms with Gasteiger partial charge in [-0.1, -0.05) is 25.3 Å². The Labute approximate surface area is 113 Å². The van der Waals surface area contributed by atoms with Crippen molar-refractivity contribution in [1.82, 2.24) is 5.32 Å². The van der Waals surface area contributed by atoms with Crippen LogP contribution < -0.4 is 15.4 Å². The minimum atomic E-state index is -0.0788. The zero-order chi connectivity index (χ0) is 13.1. The van der Waals surface area contributed by atoms with Crippen LogP contribution in [0.15, 0.2) is 18.2 Å². The first kappa shape index (κ1) is 12.5. The van der Waals surface area contributed by atoms with Gasteiger partial charge in [-0.25, -0.2) is 0 Å². The molecule has 19 heavy (non-hydrogen) atoms. The van der Waals surface area contributed by atoms with Crippen molar-refractivity contribution in [1.29, 1.82) is 0 Å². The summed E-state index contributed by atoms with van der Waals surface area (Å²) in [5, 5.41) is 6.45. The smallest absolute Gasteiger partial charge is 0.262 e. The number of rotatable bonds is 3. The Bertz CT molecular complexity index is 467. The molecule has 0 aromatic heterocycles. The van der Waals surface area contributed by atoms with E-state index in [2.05, 4.69) is 16.7 Å². The van der Waals surface area contributed by atoms with E-state index >= 15 is 0 Å². The fourth-order valence-corrected chi connectivity index (χ4v) is 2.81. The van der Waals surface area contributed by atoms with Crippen LogP contribution in [0.25, 0.3) is 0 Å². The van der Waals surface area contributed by atoms with Gasteiger partial charge in [-0.05, 0) is 30.5 Å². The fraction of sp³-hybridized carbons (Fsp3) is 0.533. The second-order valence-corrected chi connectivity index (χ2v) is 5.38.